The van der Waals surface area contributed by atoms with Crippen LogP contribution in [0.15, 0.2) is 72.9 Å². The van der Waals surface area contributed by atoms with E-state index in [1.807, 2.05) is 66.7 Å². The number of pyridine rings is 1. The van der Waals surface area contributed by atoms with E-state index in [4.69, 9.17) is 9.47 Å². The Morgan fingerprint density at radius 3 is 2.47 bits per heavy atom. The van der Waals surface area contributed by atoms with Gasteiger partial charge in [-0.05, 0) is 41.5 Å². The first-order chi connectivity index (χ1) is 15.8. The van der Waals surface area contributed by atoms with Gasteiger partial charge in [-0.15, -0.1) is 0 Å². The van der Waals surface area contributed by atoms with Gasteiger partial charge in [-0.1, -0.05) is 36.4 Å². The van der Waals surface area contributed by atoms with Gasteiger partial charge in [-0.25, -0.2) is 0 Å². The number of nitrogens with one attached hydrogen (secondary N) is 1. The molecule has 1 amide bonds. The van der Waals surface area contributed by atoms with E-state index >= 15 is 0 Å². The average molecular weight is 432 g/mol. The van der Waals surface area contributed by atoms with Gasteiger partial charge in [-0.3, -0.25) is 14.7 Å². The summed E-state index contributed by atoms with van der Waals surface area (Å²) in [6, 6.07) is 21.8. The Morgan fingerprint density at radius 1 is 0.969 bits per heavy atom. The Morgan fingerprint density at radius 2 is 1.75 bits per heavy atom. The van der Waals surface area contributed by atoms with Crippen molar-refractivity contribution in [1.82, 2.24) is 15.2 Å². The highest BCUT2D eigenvalue weighted by atomic mass is 16.5. The maximum atomic E-state index is 12.2. The molecule has 1 aliphatic rings. The fourth-order valence-electron chi connectivity index (χ4n) is 3.58. The first-order valence-corrected chi connectivity index (χ1v) is 11.1. The molecule has 1 N–H and O–H groups in total. The molecule has 0 saturated carbocycles. The van der Waals surface area contributed by atoms with E-state index in [-0.39, 0.29) is 5.91 Å². The van der Waals surface area contributed by atoms with Crippen LogP contribution < -0.4 is 10.1 Å². The fraction of sp³-hybridized carbons (Fsp3) is 0.308. The lowest BCUT2D eigenvalue weighted by molar-refractivity contribution is -0.120. The van der Waals surface area contributed by atoms with Gasteiger partial charge in [0.25, 0.3) is 0 Å². The molecule has 2 aromatic carbocycles. The van der Waals surface area contributed by atoms with Crippen molar-refractivity contribution in [2.75, 3.05) is 39.5 Å². The first-order valence-electron chi connectivity index (χ1n) is 11.1. The van der Waals surface area contributed by atoms with Crippen LogP contribution in [0.3, 0.4) is 0 Å². The van der Waals surface area contributed by atoms with Crippen molar-refractivity contribution < 1.29 is 14.3 Å². The lowest BCUT2D eigenvalue weighted by Crippen LogP contribution is -2.38. The van der Waals surface area contributed by atoms with E-state index in [0.29, 0.717) is 19.6 Å². The van der Waals surface area contributed by atoms with Gasteiger partial charge in [0, 0.05) is 37.9 Å². The van der Waals surface area contributed by atoms with Gasteiger partial charge in [0.2, 0.25) is 5.91 Å². The van der Waals surface area contributed by atoms with Crippen molar-refractivity contribution in [3.8, 4) is 17.0 Å². The van der Waals surface area contributed by atoms with Crippen molar-refractivity contribution in [2.24, 2.45) is 0 Å². The minimum Gasteiger partial charge on any atom is -0.492 e. The summed E-state index contributed by atoms with van der Waals surface area (Å²) in [5.74, 6) is 0.843. The lowest BCUT2D eigenvalue weighted by atomic mass is 10.1. The zero-order valence-corrected chi connectivity index (χ0v) is 18.2. The van der Waals surface area contributed by atoms with Crippen LogP contribution in [0.5, 0.6) is 5.75 Å². The molecule has 6 nitrogen and oxygen atoms in total. The second kappa shape index (κ2) is 11.4. The molecule has 1 aromatic heterocycles. The van der Waals surface area contributed by atoms with Gasteiger partial charge in [-0.2, -0.15) is 0 Å². The second-order valence-electron chi connectivity index (χ2n) is 7.82. The molecule has 32 heavy (non-hydrogen) atoms. The van der Waals surface area contributed by atoms with E-state index < -0.39 is 0 Å². The zero-order valence-electron chi connectivity index (χ0n) is 18.2. The number of carbonyl (C=O) groups is 1. The quantitative estimate of drug-likeness (QED) is 0.563. The average Bonchev–Trinajstić information content (AvgIpc) is 2.85. The number of carbonyl (C=O) groups excluding carboxylic acids is 1. The Kier molecular flexibility index (Phi) is 7.84. The third-order valence-electron chi connectivity index (χ3n) is 5.45. The topological polar surface area (TPSA) is 63.7 Å². The van der Waals surface area contributed by atoms with Crippen LogP contribution in [0.2, 0.25) is 0 Å². The number of aromatic nitrogens is 1. The van der Waals surface area contributed by atoms with Gasteiger partial charge in [0.05, 0.1) is 25.3 Å². The molecule has 166 valence electrons. The number of morpholine rings is 1. The maximum absolute atomic E-state index is 12.2. The molecule has 0 aliphatic carbocycles. The van der Waals surface area contributed by atoms with Crippen LogP contribution >= 0.6 is 0 Å². The summed E-state index contributed by atoms with van der Waals surface area (Å²) in [7, 11) is 0. The lowest BCUT2D eigenvalue weighted by Gasteiger charge is -2.26. The molecular weight excluding hydrogens is 402 g/mol. The number of ether oxygens (including phenoxy) is 2. The fourth-order valence-corrected chi connectivity index (χ4v) is 3.58. The van der Waals surface area contributed by atoms with Crippen LogP contribution in [0.25, 0.3) is 11.3 Å². The molecule has 0 radical (unpaired) electrons. The molecule has 4 rings (SSSR count). The highest BCUT2D eigenvalue weighted by molar-refractivity contribution is 5.78. The largest absolute Gasteiger partial charge is 0.492 e. The molecule has 0 unspecified atom stereocenters. The standard InChI is InChI=1S/C26H29N3O3/c30-26(28-19-21-4-2-1-3-5-21)18-22-6-11-25(27-20-22)23-7-9-24(10-8-23)32-17-14-29-12-15-31-16-13-29/h1-11,20H,12-19H2,(H,28,30). The van der Waals surface area contributed by atoms with Crippen LogP contribution in [-0.4, -0.2) is 55.2 Å². The zero-order chi connectivity index (χ0) is 22.0. The summed E-state index contributed by atoms with van der Waals surface area (Å²) >= 11 is 0. The highest BCUT2D eigenvalue weighted by Crippen LogP contribution is 2.21. The number of hydrogen-bond donors (Lipinski definition) is 1. The van der Waals surface area contributed by atoms with Crippen LogP contribution in [0.4, 0.5) is 0 Å². The SMILES string of the molecule is O=C(Cc1ccc(-c2ccc(OCCN3CCOCC3)cc2)nc1)NCc1ccccc1. The van der Waals surface area contributed by atoms with Crippen LogP contribution in [-0.2, 0) is 22.5 Å². The highest BCUT2D eigenvalue weighted by Gasteiger charge is 2.10. The van der Waals surface area contributed by atoms with E-state index in [1.54, 1.807) is 6.20 Å². The van der Waals surface area contributed by atoms with Gasteiger partial charge in [0.15, 0.2) is 0 Å². The summed E-state index contributed by atoms with van der Waals surface area (Å²) < 4.78 is 11.2. The molecule has 6 heteroatoms. The Hall–Kier alpha value is -3.22. The smallest absolute Gasteiger partial charge is 0.224 e. The summed E-state index contributed by atoms with van der Waals surface area (Å²) in [6.07, 6.45) is 2.08. The number of amides is 1. The number of hydrogen-bond acceptors (Lipinski definition) is 5. The third kappa shape index (κ3) is 6.64. The van der Waals surface area contributed by atoms with Crippen molar-refractivity contribution >= 4 is 5.91 Å². The third-order valence-corrected chi connectivity index (χ3v) is 5.45. The first kappa shape index (κ1) is 22.0. The van der Waals surface area contributed by atoms with Crippen molar-refractivity contribution in [1.29, 1.82) is 0 Å². The van der Waals surface area contributed by atoms with Crippen molar-refractivity contribution in [3.05, 3.63) is 84.1 Å². The normalized spacial score (nSPS) is 14.1. The minimum absolute atomic E-state index is 0.0121. The molecule has 2 heterocycles. The van der Waals surface area contributed by atoms with E-state index in [9.17, 15) is 4.79 Å². The monoisotopic (exact) mass is 431 g/mol. The summed E-state index contributed by atoms with van der Waals surface area (Å²) in [4.78, 5) is 19.1. The van der Waals surface area contributed by atoms with Gasteiger partial charge in [0.1, 0.15) is 12.4 Å². The van der Waals surface area contributed by atoms with Crippen LogP contribution in [0.1, 0.15) is 11.1 Å². The Labute approximate surface area is 189 Å². The Balaban J connectivity index is 1.23. The molecule has 3 aromatic rings. The number of rotatable bonds is 9. The maximum Gasteiger partial charge on any atom is 0.224 e. The predicted molar refractivity (Wildman–Crippen MR) is 124 cm³/mol. The summed E-state index contributed by atoms with van der Waals surface area (Å²) in [5, 5.41) is 2.95. The minimum atomic E-state index is -0.0121. The van der Waals surface area contributed by atoms with E-state index in [2.05, 4.69) is 15.2 Å². The number of nitrogens with zero attached hydrogens (tertiary/aromatic N) is 2. The van der Waals surface area contributed by atoms with Gasteiger partial charge < -0.3 is 14.8 Å². The summed E-state index contributed by atoms with van der Waals surface area (Å²) in [6.45, 7) is 5.66. The van der Waals surface area contributed by atoms with Gasteiger partial charge >= 0.3 is 0 Å². The molecule has 0 bridgehead atoms. The predicted octanol–water partition coefficient (Wildman–Crippen LogP) is 3.32. The van der Waals surface area contributed by atoms with Crippen molar-refractivity contribution in [3.63, 3.8) is 0 Å². The summed E-state index contributed by atoms with van der Waals surface area (Å²) in [5.41, 5.74) is 3.87. The number of benzene rings is 2. The molecular formula is C26H29N3O3. The van der Waals surface area contributed by atoms with Crippen molar-refractivity contribution in [2.45, 2.75) is 13.0 Å². The molecule has 1 fully saturated rings. The molecule has 0 spiro atoms. The molecule has 1 aliphatic heterocycles. The van der Waals surface area contributed by atoms with Crippen LogP contribution in [0, 0.1) is 0 Å². The molecule has 0 atom stereocenters. The van der Waals surface area contributed by atoms with E-state index in [1.165, 1.54) is 0 Å². The Bertz CT molecular complexity index is 969. The van der Waals surface area contributed by atoms with E-state index in [0.717, 1.165) is 61.0 Å². The molecule has 1 saturated heterocycles. The second-order valence-corrected chi connectivity index (χ2v) is 7.82.